The minimum Gasteiger partial charge on any atom is -0.464 e. The molecule has 0 aliphatic carbocycles. The smallest absolute Gasteiger partial charge is 0.323 e. The molecule has 0 aromatic carbocycles. The number of hydrogen-bond acceptors (Lipinski definition) is 3. The van der Waals surface area contributed by atoms with Crippen molar-refractivity contribution in [2.45, 2.75) is 39.7 Å². The number of carbonyl (C=O) groups is 1. The molecular weight excluding hydrogens is 201 g/mol. The molecule has 1 unspecified atom stereocenters. The molecule has 0 saturated heterocycles. The fourth-order valence-corrected chi connectivity index (χ4v) is 1.29. The molecule has 0 aromatic rings. The minimum absolute atomic E-state index is 0.333. The van der Waals surface area contributed by atoms with Crippen LogP contribution in [0.2, 0.25) is 0 Å². The Bertz CT molecular complexity index is 183. The van der Waals surface area contributed by atoms with Gasteiger partial charge in [0.15, 0.2) is 0 Å². The third-order valence-electron chi connectivity index (χ3n) is 2.24. The molecule has 2 atom stereocenters. The molecule has 5 heteroatoms. The van der Waals surface area contributed by atoms with Gasteiger partial charge >= 0.3 is 5.97 Å². The van der Waals surface area contributed by atoms with Gasteiger partial charge in [0.25, 0.3) is 0 Å². The van der Waals surface area contributed by atoms with Crippen LogP contribution in [-0.2, 0) is 14.1 Å². The molecule has 0 bridgehead atoms. The standard InChI is InChI=1S/C9H19NO3P/c1-4-8(5-2)6-13-9(11)7(3)10-14-12/h7-8,14H,4-6H2,1-3H3,(H,10,12)/t7-/m0/s1. The van der Waals surface area contributed by atoms with Crippen molar-refractivity contribution in [3.05, 3.63) is 0 Å². The molecule has 1 radical (unpaired) electrons. The summed E-state index contributed by atoms with van der Waals surface area (Å²) in [5.74, 6) is 0.0982. The lowest BCUT2D eigenvalue weighted by Crippen LogP contribution is -2.30. The first-order valence-electron chi connectivity index (χ1n) is 4.94. The van der Waals surface area contributed by atoms with Crippen LogP contribution in [-0.4, -0.2) is 18.6 Å². The lowest BCUT2D eigenvalue weighted by Gasteiger charge is -2.14. The highest BCUT2D eigenvalue weighted by molar-refractivity contribution is 7.21. The maximum atomic E-state index is 11.3. The molecule has 0 aliphatic rings. The maximum absolute atomic E-state index is 11.3. The summed E-state index contributed by atoms with van der Waals surface area (Å²) in [6.07, 6.45) is 2.02. The molecule has 83 valence electrons. The summed E-state index contributed by atoms with van der Waals surface area (Å²) >= 11 is 0. The van der Waals surface area contributed by atoms with E-state index in [-0.39, 0.29) is 5.97 Å². The lowest BCUT2D eigenvalue weighted by atomic mass is 10.1. The largest absolute Gasteiger partial charge is 0.464 e. The minimum atomic E-state index is -0.670. The van der Waals surface area contributed by atoms with Crippen molar-refractivity contribution in [3.8, 4) is 0 Å². The van der Waals surface area contributed by atoms with Crippen molar-refractivity contribution in [2.75, 3.05) is 6.61 Å². The second-order valence-electron chi connectivity index (χ2n) is 3.28. The zero-order valence-corrected chi connectivity index (χ0v) is 10.0. The molecule has 0 fully saturated rings. The summed E-state index contributed by atoms with van der Waals surface area (Å²) in [6, 6.07) is -0.486. The Balaban J connectivity index is 3.76. The Morgan fingerprint density at radius 2 is 2.00 bits per heavy atom. The van der Waals surface area contributed by atoms with Gasteiger partial charge in [0.05, 0.1) is 6.61 Å². The first-order valence-corrected chi connectivity index (χ1v) is 5.85. The van der Waals surface area contributed by atoms with Crippen molar-refractivity contribution < 1.29 is 14.1 Å². The topological polar surface area (TPSA) is 55.4 Å². The monoisotopic (exact) mass is 220 g/mol. The van der Waals surface area contributed by atoms with Crippen LogP contribution in [0.1, 0.15) is 33.6 Å². The third-order valence-corrected chi connectivity index (χ3v) is 2.80. The molecule has 4 nitrogen and oxygen atoms in total. The average molecular weight is 220 g/mol. The summed E-state index contributed by atoms with van der Waals surface area (Å²) in [6.45, 7) is 6.24. The van der Waals surface area contributed by atoms with Crippen LogP contribution in [0, 0.1) is 5.92 Å². The Morgan fingerprint density at radius 1 is 1.43 bits per heavy atom. The highest BCUT2D eigenvalue weighted by Gasteiger charge is 2.14. The predicted molar refractivity (Wildman–Crippen MR) is 56.6 cm³/mol. The summed E-state index contributed by atoms with van der Waals surface area (Å²) in [4.78, 5) is 11.3. The zero-order valence-electron chi connectivity index (χ0n) is 9.00. The molecule has 0 rings (SSSR count). The van der Waals surface area contributed by atoms with Crippen molar-refractivity contribution in [3.63, 3.8) is 0 Å². The van der Waals surface area contributed by atoms with Crippen molar-refractivity contribution in [2.24, 2.45) is 5.92 Å². The van der Waals surface area contributed by atoms with E-state index >= 15 is 0 Å². The number of ether oxygens (including phenoxy) is 1. The van der Waals surface area contributed by atoms with E-state index < -0.39 is 14.7 Å². The van der Waals surface area contributed by atoms with E-state index in [1.54, 1.807) is 6.92 Å². The van der Waals surface area contributed by atoms with Gasteiger partial charge in [-0.25, -0.2) is 5.09 Å². The fourth-order valence-electron chi connectivity index (χ4n) is 0.997. The van der Waals surface area contributed by atoms with E-state index in [4.69, 9.17) is 4.74 Å². The second kappa shape index (κ2) is 7.89. The van der Waals surface area contributed by atoms with Gasteiger partial charge in [-0.1, -0.05) is 26.7 Å². The van der Waals surface area contributed by atoms with Crippen LogP contribution in [0.5, 0.6) is 0 Å². The number of carbonyl (C=O) groups excluding carboxylic acids is 1. The van der Waals surface area contributed by atoms with E-state index in [0.717, 1.165) is 12.8 Å². The van der Waals surface area contributed by atoms with Gasteiger partial charge in [0, 0.05) is 0 Å². The fraction of sp³-hybridized carbons (Fsp3) is 0.889. The molecule has 14 heavy (non-hydrogen) atoms. The van der Waals surface area contributed by atoms with E-state index in [1.807, 2.05) is 0 Å². The van der Waals surface area contributed by atoms with E-state index in [1.165, 1.54) is 0 Å². The van der Waals surface area contributed by atoms with Gasteiger partial charge in [-0.3, -0.25) is 9.36 Å². The van der Waals surface area contributed by atoms with Crippen LogP contribution < -0.4 is 5.09 Å². The first kappa shape index (κ1) is 13.5. The molecule has 0 heterocycles. The number of rotatable bonds is 7. The molecule has 0 aromatic heterocycles. The van der Waals surface area contributed by atoms with Crippen molar-refractivity contribution >= 4 is 14.6 Å². The van der Waals surface area contributed by atoms with Gasteiger partial charge in [-0.15, -0.1) is 0 Å². The second-order valence-corrected chi connectivity index (χ2v) is 3.77. The normalized spacial score (nSPS) is 13.1. The Hall–Kier alpha value is -0.470. The van der Waals surface area contributed by atoms with Crippen LogP contribution in [0.3, 0.4) is 0 Å². The average Bonchev–Trinajstić information content (AvgIpc) is 2.19. The van der Waals surface area contributed by atoms with E-state index in [9.17, 15) is 9.36 Å². The maximum Gasteiger partial charge on any atom is 0.323 e. The van der Waals surface area contributed by atoms with E-state index in [0.29, 0.717) is 12.5 Å². The van der Waals surface area contributed by atoms with Gasteiger partial charge in [-0.2, -0.15) is 0 Å². The molecule has 0 spiro atoms. The molecular formula is C9H19NO3P. The van der Waals surface area contributed by atoms with Crippen molar-refractivity contribution in [1.82, 2.24) is 5.09 Å². The highest BCUT2D eigenvalue weighted by atomic mass is 31.1. The molecule has 0 saturated carbocycles. The Morgan fingerprint density at radius 3 is 2.43 bits per heavy atom. The van der Waals surface area contributed by atoms with Crippen LogP contribution >= 0.6 is 8.61 Å². The molecule has 0 aliphatic heterocycles. The zero-order chi connectivity index (χ0) is 11.0. The molecule has 1 N–H and O–H groups in total. The van der Waals surface area contributed by atoms with Gasteiger partial charge in [0.2, 0.25) is 0 Å². The number of hydrogen-bond donors (Lipinski definition) is 1. The predicted octanol–water partition coefficient (Wildman–Crippen LogP) is 1.88. The third kappa shape index (κ3) is 5.30. The van der Waals surface area contributed by atoms with Crippen LogP contribution in [0.4, 0.5) is 0 Å². The van der Waals surface area contributed by atoms with Gasteiger partial charge < -0.3 is 4.74 Å². The Kier molecular flexibility index (Phi) is 7.63. The van der Waals surface area contributed by atoms with E-state index in [2.05, 4.69) is 18.9 Å². The SMILES string of the molecule is CCC(CC)COC(=O)[C@H](C)N[PH]=O. The van der Waals surface area contributed by atoms with Gasteiger partial charge in [0.1, 0.15) is 14.7 Å². The summed E-state index contributed by atoms with van der Waals surface area (Å²) in [7, 11) is -0.670. The number of nitrogens with one attached hydrogen (secondary N) is 1. The summed E-state index contributed by atoms with van der Waals surface area (Å²) in [5, 5.41) is 2.50. The summed E-state index contributed by atoms with van der Waals surface area (Å²) in [5.41, 5.74) is 0. The van der Waals surface area contributed by atoms with Gasteiger partial charge in [-0.05, 0) is 12.8 Å². The summed E-state index contributed by atoms with van der Waals surface area (Å²) < 4.78 is 15.3. The molecule has 0 amide bonds. The van der Waals surface area contributed by atoms with Crippen molar-refractivity contribution in [1.29, 1.82) is 0 Å². The van der Waals surface area contributed by atoms with Crippen LogP contribution in [0.25, 0.3) is 0 Å². The first-order chi connectivity index (χ1) is 6.65. The quantitative estimate of drug-likeness (QED) is 0.525. The van der Waals surface area contributed by atoms with Crippen LogP contribution in [0.15, 0.2) is 0 Å². The Labute approximate surface area is 86.7 Å². The highest BCUT2D eigenvalue weighted by Crippen LogP contribution is 2.08. The number of esters is 1. The lowest BCUT2D eigenvalue weighted by molar-refractivity contribution is -0.146.